The molecule has 6 nitrogen and oxygen atoms in total. The number of halogens is 1. The maximum Gasteiger partial charge on any atom is 0.328 e. The molecule has 5 rings (SSSR count). The highest BCUT2D eigenvalue weighted by atomic mass is 19.1. The molecule has 0 unspecified atom stereocenters. The van der Waals surface area contributed by atoms with E-state index in [1.54, 1.807) is 29.4 Å². The molecule has 2 aromatic carbocycles. The summed E-state index contributed by atoms with van der Waals surface area (Å²) >= 11 is 0. The molecule has 2 aliphatic carbocycles. The van der Waals surface area contributed by atoms with E-state index in [1.807, 2.05) is 49.3 Å². The van der Waals surface area contributed by atoms with Gasteiger partial charge in [0.2, 0.25) is 5.91 Å². The number of carbonyl (C=O) groups excluding carboxylic acids is 1. The van der Waals surface area contributed by atoms with Crippen molar-refractivity contribution in [2.75, 3.05) is 23.9 Å². The van der Waals surface area contributed by atoms with Crippen LogP contribution in [-0.4, -0.2) is 36.1 Å². The standard InChI is InChI=1S/C31H32FN3O3/c1-34(2)26-10-8-22(9-11-26)23-6-7-25(29(32)16-23)19-35(31(38)28-15-20-3-5-24(28)13-20)27-14-21(17-33-18-27)4-12-30(36)37/h4,6-12,14,16-18,20,24,28H,3,5,13,15,19H2,1-2H3,(H,36,37)/b12-4+/t20-,24+,28-/m1/s1. The molecule has 7 heteroatoms. The average molecular weight is 514 g/mol. The summed E-state index contributed by atoms with van der Waals surface area (Å²) in [7, 11) is 3.95. The Morgan fingerprint density at radius 2 is 1.76 bits per heavy atom. The number of rotatable bonds is 8. The van der Waals surface area contributed by atoms with Gasteiger partial charge in [-0.05, 0) is 78.1 Å². The lowest BCUT2D eigenvalue weighted by Gasteiger charge is -2.30. The molecule has 1 aromatic heterocycles. The summed E-state index contributed by atoms with van der Waals surface area (Å²) in [5.41, 5.74) is 4.26. The molecule has 2 fully saturated rings. The van der Waals surface area contributed by atoms with Gasteiger partial charge in [0.05, 0.1) is 18.4 Å². The Morgan fingerprint density at radius 3 is 2.39 bits per heavy atom. The minimum Gasteiger partial charge on any atom is -0.478 e. The molecule has 2 aliphatic rings. The molecule has 38 heavy (non-hydrogen) atoms. The van der Waals surface area contributed by atoms with Crippen LogP contribution in [0.5, 0.6) is 0 Å². The van der Waals surface area contributed by atoms with Crippen molar-refractivity contribution >= 4 is 29.3 Å². The number of pyridine rings is 1. The van der Waals surface area contributed by atoms with E-state index in [0.29, 0.717) is 28.7 Å². The molecule has 1 amide bonds. The summed E-state index contributed by atoms with van der Waals surface area (Å²) in [5.74, 6) is -0.571. The van der Waals surface area contributed by atoms with Crippen LogP contribution in [0.1, 0.15) is 36.8 Å². The molecule has 0 spiro atoms. The van der Waals surface area contributed by atoms with E-state index in [0.717, 1.165) is 42.2 Å². The molecule has 1 heterocycles. The van der Waals surface area contributed by atoms with Gasteiger partial charge in [0.1, 0.15) is 5.82 Å². The van der Waals surface area contributed by atoms with Crippen molar-refractivity contribution in [2.45, 2.75) is 32.2 Å². The zero-order chi connectivity index (χ0) is 26.8. The van der Waals surface area contributed by atoms with E-state index in [9.17, 15) is 9.59 Å². The van der Waals surface area contributed by atoms with E-state index in [4.69, 9.17) is 5.11 Å². The van der Waals surface area contributed by atoms with E-state index in [2.05, 4.69) is 4.98 Å². The Labute approximate surface area is 222 Å². The average Bonchev–Trinajstić information content (AvgIpc) is 3.55. The third-order valence-corrected chi connectivity index (χ3v) is 7.89. The van der Waals surface area contributed by atoms with Crippen LogP contribution in [-0.2, 0) is 16.1 Å². The highest BCUT2D eigenvalue weighted by Crippen LogP contribution is 2.49. The molecule has 0 radical (unpaired) electrons. The monoisotopic (exact) mass is 513 g/mol. The normalized spacial score (nSPS) is 20.1. The zero-order valence-electron chi connectivity index (χ0n) is 21.7. The van der Waals surface area contributed by atoms with Crippen LogP contribution in [0, 0.1) is 23.6 Å². The number of hydrogen-bond donors (Lipinski definition) is 1. The number of aliphatic carboxylic acids is 1. The van der Waals surface area contributed by atoms with E-state index < -0.39 is 5.97 Å². The van der Waals surface area contributed by atoms with Gasteiger partial charge in [0, 0.05) is 43.5 Å². The van der Waals surface area contributed by atoms with Crippen LogP contribution >= 0.6 is 0 Å². The van der Waals surface area contributed by atoms with Gasteiger partial charge >= 0.3 is 5.97 Å². The van der Waals surface area contributed by atoms with Crippen LogP contribution < -0.4 is 9.80 Å². The number of aromatic nitrogens is 1. The summed E-state index contributed by atoms with van der Waals surface area (Å²) in [4.78, 5) is 32.7. The number of carboxylic acids is 1. The lowest BCUT2D eigenvalue weighted by atomic mass is 9.87. The second kappa shape index (κ2) is 10.8. The maximum absolute atomic E-state index is 15.5. The van der Waals surface area contributed by atoms with Crippen molar-refractivity contribution in [3.05, 3.63) is 83.9 Å². The summed E-state index contributed by atoms with van der Waals surface area (Å²) in [6.07, 6.45) is 9.79. The Kier molecular flexibility index (Phi) is 7.27. The molecule has 3 atom stereocenters. The SMILES string of the molecule is CN(C)c1ccc(-c2ccc(CN(C(=O)[C@@H]3C[C@@H]4CC[C@H]3C4)c3cncc(/C=C/C(=O)O)c3)c(F)c2)cc1. The van der Waals surface area contributed by atoms with Gasteiger partial charge in [-0.3, -0.25) is 9.78 Å². The Balaban J connectivity index is 1.44. The predicted octanol–water partition coefficient (Wildman–Crippen LogP) is 6.02. The predicted molar refractivity (Wildman–Crippen MR) is 147 cm³/mol. The van der Waals surface area contributed by atoms with Crippen molar-refractivity contribution < 1.29 is 19.1 Å². The molecular weight excluding hydrogens is 481 g/mol. The van der Waals surface area contributed by atoms with Crippen molar-refractivity contribution in [3.8, 4) is 11.1 Å². The first-order chi connectivity index (χ1) is 18.3. The highest BCUT2D eigenvalue weighted by Gasteiger charge is 2.44. The zero-order valence-corrected chi connectivity index (χ0v) is 21.7. The molecule has 1 N–H and O–H groups in total. The van der Waals surface area contributed by atoms with Crippen molar-refractivity contribution in [1.82, 2.24) is 4.98 Å². The number of nitrogens with zero attached hydrogens (tertiary/aromatic N) is 3. The minimum absolute atomic E-state index is 0.0129. The number of anilines is 2. The fourth-order valence-corrected chi connectivity index (χ4v) is 5.87. The third kappa shape index (κ3) is 5.47. The van der Waals surface area contributed by atoms with E-state index >= 15 is 4.39 Å². The second-order valence-corrected chi connectivity index (χ2v) is 10.6. The quantitative estimate of drug-likeness (QED) is 0.373. The van der Waals surface area contributed by atoms with Gasteiger partial charge in [0.15, 0.2) is 0 Å². The van der Waals surface area contributed by atoms with Crippen molar-refractivity contribution in [3.63, 3.8) is 0 Å². The lowest BCUT2D eigenvalue weighted by Crippen LogP contribution is -2.38. The first-order valence-corrected chi connectivity index (χ1v) is 13.0. The number of fused-ring (bicyclic) bond motifs is 2. The Hall–Kier alpha value is -4.00. The first kappa shape index (κ1) is 25.6. The summed E-state index contributed by atoms with van der Waals surface area (Å²) < 4.78 is 15.5. The largest absolute Gasteiger partial charge is 0.478 e. The molecular formula is C31H32FN3O3. The smallest absolute Gasteiger partial charge is 0.328 e. The molecule has 2 bridgehead atoms. The number of carbonyl (C=O) groups is 2. The van der Waals surface area contributed by atoms with Gasteiger partial charge in [-0.15, -0.1) is 0 Å². The first-order valence-electron chi connectivity index (χ1n) is 13.0. The molecule has 196 valence electrons. The second-order valence-electron chi connectivity index (χ2n) is 10.6. The van der Waals surface area contributed by atoms with Gasteiger partial charge in [-0.1, -0.05) is 30.7 Å². The fraction of sp³-hybridized carbons (Fsp3) is 0.323. The van der Waals surface area contributed by atoms with Crippen LogP contribution in [0.25, 0.3) is 17.2 Å². The molecule has 0 saturated heterocycles. The summed E-state index contributed by atoms with van der Waals surface area (Å²) in [5, 5.41) is 9.00. The number of benzene rings is 2. The van der Waals surface area contributed by atoms with Crippen LogP contribution in [0.2, 0.25) is 0 Å². The van der Waals surface area contributed by atoms with E-state index in [-0.39, 0.29) is 24.2 Å². The van der Waals surface area contributed by atoms with Gasteiger partial charge in [-0.2, -0.15) is 0 Å². The van der Waals surface area contributed by atoms with Crippen molar-refractivity contribution in [1.29, 1.82) is 0 Å². The van der Waals surface area contributed by atoms with Crippen LogP contribution in [0.3, 0.4) is 0 Å². The van der Waals surface area contributed by atoms with Crippen molar-refractivity contribution in [2.24, 2.45) is 17.8 Å². The van der Waals surface area contributed by atoms with E-state index in [1.165, 1.54) is 18.6 Å². The van der Waals surface area contributed by atoms with Crippen LogP contribution in [0.15, 0.2) is 67.0 Å². The Morgan fingerprint density at radius 1 is 1.00 bits per heavy atom. The van der Waals surface area contributed by atoms with Gasteiger partial charge in [-0.25, -0.2) is 9.18 Å². The molecule has 0 aliphatic heterocycles. The summed E-state index contributed by atoms with van der Waals surface area (Å²) in [6, 6.07) is 14.8. The topological polar surface area (TPSA) is 73.7 Å². The fourth-order valence-electron chi connectivity index (χ4n) is 5.87. The lowest BCUT2D eigenvalue weighted by molar-refractivity contribution is -0.131. The third-order valence-electron chi connectivity index (χ3n) is 7.89. The highest BCUT2D eigenvalue weighted by molar-refractivity contribution is 5.96. The molecule has 3 aromatic rings. The summed E-state index contributed by atoms with van der Waals surface area (Å²) in [6.45, 7) is 0.0756. The number of hydrogen-bond acceptors (Lipinski definition) is 4. The molecule has 2 saturated carbocycles. The van der Waals surface area contributed by atoms with Gasteiger partial charge in [0.25, 0.3) is 0 Å². The minimum atomic E-state index is -1.07. The van der Waals surface area contributed by atoms with Crippen LogP contribution in [0.4, 0.5) is 15.8 Å². The number of carboxylic acid groups (broad SMARTS) is 1. The Bertz CT molecular complexity index is 1370. The maximum atomic E-state index is 15.5. The van der Waals surface area contributed by atoms with Gasteiger partial charge < -0.3 is 14.9 Å². The number of amides is 1.